The molecule has 5 amide bonds. The van der Waals surface area contributed by atoms with E-state index in [9.17, 15) is 19.2 Å². The Morgan fingerprint density at radius 2 is 1.74 bits per heavy atom. The molecule has 0 bridgehead atoms. The Labute approximate surface area is 162 Å². The highest BCUT2D eigenvalue weighted by Crippen LogP contribution is 2.27. The molecule has 8 nitrogen and oxygen atoms in total. The fraction of sp³-hybridized carbons (Fsp3) is 0.444. The normalized spacial score (nSPS) is 15.4. The monoisotopic (exact) mass is 394 g/mol. The highest BCUT2D eigenvalue weighted by atomic mass is 35.5. The van der Waals surface area contributed by atoms with Gasteiger partial charge in [-0.1, -0.05) is 50.4 Å². The molecule has 2 rings (SSSR count). The van der Waals surface area contributed by atoms with E-state index in [2.05, 4.69) is 16.2 Å². The molecular weight excluding hydrogens is 372 g/mol. The second kappa shape index (κ2) is 8.85. The van der Waals surface area contributed by atoms with Crippen LogP contribution in [0.5, 0.6) is 0 Å². The molecule has 1 saturated heterocycles. The number of nitrogens with one attached hydrogen (secondary N) is 3. The van der Waals surface area contributed by atoms with Crippen LogP contribution in [-0.4, -0.2) is 40.7 Å². The van der Waals surface area contributed by atoms with Crippen molar-refractivity contribution in [1.82, 2.24) is 21.1 Å². The minimum atomic E-state index is -0.957. The molecule has 0 radical (unpaired) electrons. The van der Waals surface area contributed by atoms with Crippen molar-refractivity contribution in [1.29, 1.82) is 0 Å². The van der Waals surface area contributed by atoms with E-state index in [1.54, 1.807) is 18.2 Å². The van der Waals surface area contributed by atoms with E-state index in [0.29, 0.717) is 12.8 Å². The van der Waals surface area contributed by atoms with E-state index in [-0.39, 0.29) is 10.6 Å². The summed E-state index contributed by atoms with van der Waals surface area (Å²) in [4.78, 5) is 49.9. The van der Waals surface area contributed by atoms with Gasteiger partial charge in [-0.3, -0.25) is 30.1 Å². The van der Waals surface area contributed by atoms with Gasteiger partial charge in [0.25, 0.3) is 17.7 Å². The van der Waals surface area contributed by atoms with Crippen LogP contribution in [0.15, 0.2) is 24.3 Å². The topological polar surface area (TPSA) is 108 Å². The highest BCUT2D eigenvalue weighted by molar-refractivity contribution is 6.33. The van der Waals surface area contributed by atoms with Gasteiger partial charge in [-0.15, -0.1) is 0 Å². The Morgan fingerprint density at radius 3 is 2.33 bits per heavy atom. The molecule has 0 spiro atoms. The van der Waals surface area contributed by atoms with Crippen LogP contribution in [0.25, 0.3) is 0 Å². The number of urea groups is 1. The van der Waals surface area contributed by atoms with Crippen molar-refractivity contribution in [2.45, 2.75) is 45.1 Å². The van der Waals surface area contributed by atoms with Gasteiger partial charge in [0.15, 0.2) is 0 Å². The average Bonchev–Trinajstić information content (AvgIpc) is 2.85. The molecule has 0 unspecified atom stereocenters. The summed E-state index contributed by atoms with van der Waals surface area (Å²) in [6.07, 6.45) is 2.46. The summed E-state index contributed by atoms with van der Waals surface area (Å²) in [6.45, 7) is 3.37. The van der Waals surface area contributed by atoms with Crippen molar-refractivity contribution in [3.63, 3.8) is 0 Å². The lowest BCUT2D eigenvalue weighted by molar-refractivity contribution is -0.135. The lowest BCUT2D eigenvalue weighted by atomic mass is 9.88. The molecule has 3 N–H and O–H groups in total. The number of hydrazine groups is 1. The predicted octanol–water partition coefficient (Wildman–Crippen LogP) is 1.99. The largest absolute Gasteiger partial charge is 0.325 e. The number of hydrogen-bond donors (Lipinski definition) is 3. The Balaban J connectivity index is 1.97. The first-order valence-electron chi connectivity index (χ1n) is 8.82. The fourth-order valence-corrected chi connectivity index (χ4v) is 3.38. The number of halogens is 1. The van der Waals surface area contributed by atoms with E-state index in [1.807, 2.05) is 13.8 Å². The number of imide groups is 1. The van der Waals surface area contributed by atoms with Crippen LogP contribution < -0.4 is 16.2 Å². The van der Waals surface area contributed by atoms with Gasteiger partial charge in [-0.2, -0.15) is 0 Å². The number of hydrogen-bond acceptors (Lipinski definition) is 4. The molecule has 9 heteroatoms. The third-order valence-electron chi connectivity index (χ3n) is 4.34. The molecule has 1 aliphatic heterocycles. The molecule has 1 aliphatic rings. The number of amides is 5. The minimum absolute atomic E-state index is 0.194. The van der Waals surface area contributed by atoms with E-state index in [1.165, 1.54) is 6.07 Å². The lowest BCUT2D eigenvalue weighted by Gasteiger charge is -2.25. The third-order valence-corrected chi connectivity index (χ3v) is 4.66. The molecule has 0 aliphatic carbocycles. The van der Waals surface area contributed by atoms with Gasteiger partial charge in [-0.25, -0.2) is 4.79 Å². The second-order valence-corrected chi connectivity index (χ2v) is 6.79. The lowest BCUT2D eigenvalue weighted by Crippen LogP contribution is -2.49. The predicted molar refractivity (Wildman–Crippen MR) is 99.9 cm³/mol. The summed E-state index contributed by atoms with van der Waals surface area (Å²) in [5.41, 5.74) is 3.66. The third kappa shape index (κ3) is 4.57. The summed E-state index contributed by atoms with van der Waals surface area (Å²) in [7, 11) is 0. The Hall–Kier alpha value is -2.61. The van der Waals surface area contributed by atoms with Crippen LogP contribution in [0.2, 0.25) is 5.02 Å². The molecule has 0 saturated carbocycles. The molecular formula is C18H23ClN4O4. The standard InChI is InChI=1S/C18H23ClN4O4/c1-3-9-18(10-4-2)16(26)23(17(27)20-18)11-14(24)21-22-15(25)12-7-5-6-8-13(12)19/h5-8H,3-4,9-11H2,1-2H3,(H,20,27)(H,21,24)(H,22,25). The van der Waals surface area contributed by atoms with Crippen molar-refractivity contribution < 1.29 is 19.2 Å². The quantitative estimate of drug-likeness (QED) is 0.485. The van der Waals surface area contributed by atoms with Gasteiger partial charge in [0.05, 0.1) is 10.6 Å². The van der Waals surface area contributed by atoms with Gasteiger partial charge in [0.1, 0.15) is 12.1 Å². The van der Waals surface area contributed by atoms with Gasteiger partial charge in [0, 0.05) is 0 Å². The number of benzene rings is 1. The molecule has 0 atom stereocenters. The molecule has 1 aromatic carbocycles. The summed E-state index contributed by atoms with van der Waals surface area (Å²) in [5, 5.41) is 2.96. The van der Waals surface area contributed by atoms with E-state index < -0.39 is 35.8 Å². The van der Waals surface area contributed by atoms with Crippen LogP contribution >= 0.6 is 11.6 Å². The van der Waals surface area contributed by atoms with Crippen molar-refractivity contribution in [2.75, 3.05) is 6.54 Å². The average molecular weight is 395 g/mol. The zero-order valence-electron chi connectivity index (χ0n) is 15.3. The molecule has 27 heavy (non-hydrogen) atoms. The maximum absolute atomic E-state index is 12.7. The summed E-state index contributed by atoms with van der Waals surface area (Å²) in [6, 6.07) is 5.76. The van der Waals surface area contributed by atoms with Gasteiger partial charge >= 0.3 is 6.03 Å². The molecule has 146 valence electrons. The maximum atomic E-state index is 12.7. The van der Waals surface area contributed by atoms with Crippen LogP contribution in [0.1, 0.15) is 49.9 Å². The first-order valence-corrected chi connectivity index (χ1v) is 9.20. The summed E-state index contributed by atoms with van der Waals surface area (Å²) >= 11 is 5.92. The van der Waals surface area contributed by atoms with Crippen molar-refractivity contribution in [2.24, 2.45) is 0 Å². The number of carbonyl (C=O) groups excluding carboxylic acids is 4. The van der Waals surface area contributed by atoms with Crippen LogP contribution in [0, 0.1) is 0 Å². The van der Waals surface area contributed by atoms with Crippen molar-refractivity contribution in [3.05, 3.63) is 34.9 Å². The Bertz CT molecular complexity index is 747. The molecule has 0 aromatic heterocycles. The number of nitrogens with zero attached hydrogens (tertiary/aromatic N) is 1. The van der Waals surface area contributed by atoms with E-state index in [0.717, 1.165) is 17.7 Å². The zero-order valence-corrected chi connectivity index (χ0v) is 16.1. The molecule has 1 aromatic rings. The van der Waals surface area contributed by atoms with E-state index in [4.69, 9.17) is 11.6 Å². The fourth-order valence-electron chi connectivity index (χ4n) is 3.16. The van der Waals surface area contributed by atoms with Gasteiger partial charge in [0.2, 0.25) is 0 Å². The van der Waals surface area contributed by atoms with Crippen molar-refractivity contribution >= 4 is 35.4 Å². The zero-order chi connectivity index (χ0) is 20.0. The Morgan fingerprint density at radius 1 is 1.11 bits per heavy atom. The van der Waals surface area contributed by atoms with E-state index >= 15 is 0 Å². The first-order chi connectivity index (χ1) is 12.8. The van der Waals surface area contributed by atoms with Gasteiger partial charge in [-0.05, 0) is 25.0 Å². The first kappa shape index (κ1) is 20.7. The SMILES string of the molecule is CCCC1(CCC)NC(=O)N(CC(=O)NNC(=O)c2ccccc2Cl)C1=O. The molecule has 1 fully saturated rings. The minimum Gasteiger partial charge on any atom is -0.323 e. The van der Waals surface area contributed by atoms with Crippen LogP contribution in [-0.2, 0) is 9.59 Å². The highest BCUT2D eigenvalue weighted by Gasteiger charge is 2.50. The maximum Gasteiger partial charge on any atom is 0.325 e. The van der Waals surface area contributed by atoms with Crippen molar-refractivity contribution in [3.8, 4) is 0 Å². The number of rotatable bonds is 7. The summed E-state index contributed by atoms with van der Waals surface area (Å²) in [5.74, 6) is -1.70. The smallest absolute Gasteiger partial charge is 0.323 e. The Kier molecular flexibility index (Phi) is 6.79. The molecule has 1 heterocycles. The number of carbonyl (C=O) groups is 4. The van der Waals surface area contributed by atoms with Gasteiger partial charge < -0.3 is 5.32 Å². The summed E-state index contributed by atoms with van der Waals surface area (Å²) < 4.78 is 0. The second-order valence-electron chi connectivity index (χ2n) is 6.39. The van der Waals surface area contributed by atoms with Crippen LogP contribution in [0.4, 0.5) is 4.79 Å². The van der Waals surface area contributed by atoms with Crippen LogP contribution in [0.3, 0.4) is 0 Å².